The van der Waals surface area contributed by atoms with Crippen molar-refractivity contribution in [2.45, 2.75) is 39.0 Å². The zero-order chi connectivity index (χ0) is 25.1. The minimum atomic E-state index is -1.18. The van der Waals surface area contributed by atoms with Gasteiger partial charge >= 0.3 is 5.97 Å². The first-order chi connectivity index (χ1) is 17.5. The third kappa shape index (κ3) is 5.10. The molecule has 0 aliphatic carbocycles. The molecular weight excluding hydrogens is 453 g/mol. The van der Waals surface area contributed by atoms with Crippen LogP contribution in [-0.4, -0.2) is 17.1 Å². The van der Waals surface area contributed by atoms with Gasteiger partial charge in [0.05, 0.1) is 5.56 Å². The predicted molar refractivity (Wildman–Crippen MR) is 140 cm³/mol. The number of nitrogens with zero attached hydrogens (tertiary/aromatic N) is 1. The largest absolute Gasteiger partial charge is 0.489 e. The lowest BCUT2D eigenvalue weighted by molar-refractivity contribution is 0.0693. The van der Waals surface area contributed by atoms with Gasteiger partial charge in [0.15, 0.2) is 0 Å². The van der Waals surface area contributed by atoms with Gasteiger partial charge in [0.2, 0.25) is 0 Å². The molecule has 0 saturated carbocycles. The van der Waals surface area contributed by atoms with E-state index in [1.165, 1.54) is 28.9 Å². The second kappa shape index (κ2) is 10.2. The molecule has 0 aromatic heterocycles. The molecule has 0 bridgehead atoms. The molecule has 1 atom stereocenters. The van der Waals surface area contributed by atoms with Crippen LogP contribution in [0.2, 0.25) is 0 Å². The van der Waals surface area contributed by atoms with Crippen LogP contribution in [0.3, 0.4) is 0 Å². The molecule has 1 heterocycles. The molecule has 5 heteroatoms. The van der Waals surface area contributed by atoms with Gasteiger partial charge in [-0.1, -0.05) is 54.6 Å². The van der Waals surface area contributed by atoms with Crippen LogP contribution in [-0.2, 0) is 19.6 Å². The number of anilines is 1. The fourth-order valence-electron chi connectivity index (χ4n) is 4.83. The van der Waals surface area contributed by atoms with Crippen LogP contribution in [0.1, 0.15) is 40.4 Å². The van der Waals surface area contributed by atoms with Crippen LogP contribution in [0.15, 0.2) is 91.0 Å². The van der Waals surface area contributed by atoms with Crippen molar-refractivity contribution in [2.24, 2.45) is 0 Å². The lowest BCUT2D eigenvalue weighted by atomic mass is 9.95. The monoisotopic (exact) mass is 481 g/mol. The molecule has 0 saturated heterocycles. The van der Waals surface area contributed by atoms with E-state index >= 15 is 0 Å². The number of hydrogen-bond donors (Lipinski definition) is 1. The summed E-state index contributed by atoms with van der Waals surface area (Å²) in [6.07, 6.45) is 2.28. The van der Waals surface area contributed by atoms with Crippen LogP contribution in [0.5, 0.6) is 5.75 Å². The molecule has 1 N–H and O–H groups in total. The molecule has 0 amide bonds. The van der Waals surface area contributed by atoms with Gasteiger partial charge in [-0.15, -0.1) is 0 Å². The summed E-state index contributed by atoms with van der Waals surface area (Å²) >= 11 is 0. The predicted octanol–water partition coefficient (Wildman–Crippen LogP) is 7.11. The Balaban J connectivity index is 1.29. The highest BCUT2D eigenvalue weighted by Gasteiger charge is 2.22. The number of aromatic carboxylic acids is 1. The average Bonchev–Trinajstić information content (AvgIpc) is 2.90. The van der Waals surface area contributed by atoms with E-state index in [9.17, 15) is 14.3 Å². The molecule has 4 aromatic rings. The highest BCUT2D eigenvalue weighted by molar-refractivity contribution is 5.89. The number of aryl methyl sites for hydroxylation is 1. The van der Waals surface area contributed by atoms with Crippen molar-refractivity contribution in [2.75, 3.05) is 4.90 Å². The Labute approximate surface area is 210 Å². The van der Waals surface area contributed by atoms with Gasteiger partial charge in [0.1, 0.15) is 18.2 Å². The second-order valence-corrected chi connectivity index (χ2v) is 9.26. The van der Waals surface area contributed by atoms with Gasteiger partial charge in [-0.05, 0) is 78.4 Å². The number of rotatable bonds is 7. The molecule has 1 aliphatic heterocycles. The quantitative estimate of drug-likeness (QED) is 0.306. The van der Waals surface area contributed by atoms with Crippen molar-refractivity contribution < 1.29 is 19.0 Å². The zero-order valence-corrected chi connectivity index (χ0v) is 20.2. The molecule has 1 unspecified atom stereocenters. The van der Waals surface area contributed by atoms with Crippen molar-refractivity contribution in [1.82, 2.24) is 0 Å². The number of fused-ring (bicyclic) bond motifs is 1. The van der Waals surface area contributed by atoms with Gasteiger partial charge in [-0.2, -0.15) is 0 Å². The van der Waals surface area contributed by atoms with Crippen molar-refractivity contribution in [1.29, 1.82) is 0 Å². The standard InChI is InChI=1S/C31H28FNO3/c1-21-9-10-24-6-2-3-8-30(24)33(21)19-22-5-4-7-25(17-22)23-12-15-28(16-13-23)36-20-26-11-14-27(32)18-29(26)31(34)35/h2-8,11-18,21H,9-10,19-20H2,1H3,(H,34,35). The minimum Gasteiger partial charge on any atom is -0.489 e. The van der Waals surface area contributed by atoms with Gasteiger partial charge in [0.25, 0.3) is 0 Å². The summed E-state index contributed by atoms with van der Waals surface area (Å²) in [5.74, 6) is -1.14. The van der Waals surface area contributed by atoms with E-state index in [0.717, 1.165) is 36.6 Å². The maximum atomic E-state index is 13.4. The molecule has 0 fully saturated rings. The third-order valence-corrected chi connectivity index (χ3v) is 6.83. The summed E-state index contributed by atoms with van der Waals surface area (Å²) in [6.45, 7) is 3.20. The second-order valence-electron chi connectivity index (χ2n) is 9.26. The summed E-state index contributed by atoms with van der Waals surface area (Å²) in [5.41, 5.74) is 6.54. The molecular formula is C31H28FNO3. The van der Waals surface area contributed by atoms with Gasteiger partial charge in [0, 0.05) is 23.8 Å². The van der Waals surface area contributed by atoms with E-state index in [2.05, 4.69) is 60.4 Å². The molecule has 5 rings (SSSR count). The number of hydrogen-bond acceptors (Lipinski definition) is 3. The fraction of sp³-hybridized carbons (Fsp3) is 0.194. The van der Waals surface area contributed by atoms with E-state index in [-0.39, 0.29) is 12.2 Å². The van der Waals surface area contributed by atoms with Crippen molar-refractivity contribution >= 4 is 11.7 Å². The number of ether oxygens (including phenoxy) is 1. The lowest BCUT2D eigenvalue weighted by Gasteiger charge is -2.37. The van der Waals surface area contributed by atoms with Gasteiger partial charge < -0.3 is 14.7 Å². The Morgan fingerprint density at radius 1 is 0.972 bits per heavy atom. The molecule has 4 nitrogen and oxygen atoms in total. The topological polar surface area (TPSA) is 49.8 Å². The zero-order valence-electron chi connectivity index (χ0n) is 20.2. The maximum Gasteiger partial charge on any atom is 0.336 e. The number of carboxylic acids is 1. The fourth-order valence-corrected chi connectivity index (χ4v) is 4.83. The highest BCUT2D eigenvalue weighted by Crippen LogP contribution is 2.32. The van der Waals surface area contributed by atoms with Crippen LogP contribution in [0.4, 0.5) is 10.1 Å². The number of para-hydroxylation sites is 1. The Morgan fingerprint density at radius 3 is 2.58 bits per heavy atom. The summed E-state index contributed by atoms with van der Waals surface area (Å²) in [4.78, 5) is 13.9. The number of carboxylic acid groups (broad SMARTS) is 1. The summed E-state index contributed by atoms with van der Waals surface area (Å²) in [5, 5.41) is 9.31. The van der Waals surface area contributed by atoms with Crippen LogP contribution >= 0.6 is 0 Å². The normalized spacial score (nSPS) is 14.8. The lowest BCUT2D eigenvalue weighted by Crippen LogP contribution is -2.36. The molecule has 4 aromatic carbocycles. The van der Waals surface area contributed by atoms with Crippen LogP contribution < -0.4 is 9.64 Å². The number of halogens is 1. The Bertz CT molecular complexity index is 1380. The average molecular weight is 482 g/mol. The summed E-state index contributed by atoms with van der Waals surface area (Å²) in [7, 11) is 0. The Hall–Kier alpha value is -4.12. The van der Waals surface area contributed by atoms with Crippen LogP contribution in [0, 0.1) is 5.82 Å². The number of carbonyl (C=O) groups is 1. The molecule has 1 aliphatic rings. The smallest absolute Gasteiger partial charge is 0.336 e. The van der Waals surface area contributed by atoms with Crippen LogP contribution in [0.25, 0.3) is 11.1 Å². The minimum absolute atomic E-state index is 0.0479. The highest BCUT2D eigenvalue weighted by atomic mass is 19.1. The van der Waals surface area contributed by atoms with Crippen molar-refractivity contribution in [3.8, 4) is 16.9 Å². The van der Waals surface area contributed by atoms with Gasteiger partial charge in [-0.25, -0.2) is 9.18 Å². The molecule has 0 radical (unpaired) electrons. The first kappa shape index (κ1) is 23.6. The van der Waals surface area contributed by atoms with E-state index in [4.69, 9.17) is 4.74 Å². The maximum absolute atomic E-state index is 13.4. The van der Waals surface area contributed by atoms with Gasteiger partial charge in [-0.3, -0.25) is 0 Å². The molecule has 182 valence electrons. The SMILES string of the molecule is CC1CCc2ccccc2N1Cc1cccc(-c2ccc(OCc3ccc(F)cc3C(=O)O)cc2)c1. The molecule has 0 spiro atoms. The first-order valence-electron chi connectivity index (χ1n) is 12.2. The number of benzene rings is 4. The third-order valence-electron chi connectivity index (χ3n) is 6.83. The van der Waals surface area contributed by atoms with E-state index in [0.29, 0.717) is 17.4 Å². The summed E-state index contributed by atoms with van der Waals surface area (Å²) < 4.78 is 19.2. The van der Waals surface area contributed by atoms with E-state index in [1.54, 1.807) is 0 Å². The van der Waals surface area contributed by atoms with E-state index < -0.39 is 11.8 Å². The Morgan fingerprint density at radius 2 is 1.78 bits per heavy atom. The Kier molecular flexibility index (Phi) is 6.72. The first-order valence-corrected chi connectivity index (χ1v) is 12.2. The van der Waals surface area contributed by atoms with E-state index in [1.807, 2.05) is 24.3 Å². The summed E-state index contributed by atoms with van der Waals surface area (Å²) in [6, 6.07) is 29.2. The van der Waals surface area contributed by atoms with Crippen molar-refractivity contribution in [3.63, 3.8) is 0 Å². The molecule has 36 heavy (non-hydrogen) atoms. The van der Waals surface area contributed by atoms with Crippen molar-refractivity contribution in [3.05, 3.63) is 119 Å².